The Balaban J connectivity index is 2.75. The molecule has 1 atom stereocenters. The van der Waals surface area contributed by atoms with E-state index in [1.54, 1.807) is 6.07 Å². The molecule has 0 saturated heterocycles. The zero-order valence-electron chi connectivity index (χ0n) is 10.6. The second kappa shape index (κ2) is 5.94. The second-order valence-electron chi connectivity index (χ2n) is 4.87. The molecule has 0 heterocycles. The Bertz CT molecular complexity index is 382. The van der Waals surface area contributed by atoms with Crippen LogP contribution in [-0.4, -0.2) is 12.1 Å². The molecule has 0 bridgehead atoms. The molecule has 96 valence electrons. The van der Waals surface area contributed by atoms with E-state index in [-0.39, 0.29) is 11.4 Å². The molecule has 0 radical (unpaired) electrons. The summed E-state index contributed by atoms with van der Waals surface area (Å²) in [5.74, 6) is 0.198. The number of rotatable bonds is 5. The minimum Gasteiger partial charge on any atom is -0.329 e. The van der Waals surface area contributed by atoms with Crippen molar-refractivity contribution in [1.82, 2.24) is 5.32 Å². The highest BCUT2D eigenvalue weighted by Gasteiger charge is 2.25. The quantitative estimate of drug-likeness (QED) is 0.877. The van der Waals surface area contributed by atoms with E-state index in [1.165, 1.54) is 12.1 Å². The van der Waals surface area contributed by atoms with Crippen molar-refractivity contribution in [2.24, 2.45) is 11.7 Å². The van der Waals surface area contributed by atoms with Gasteiger partial charge in [0.05, 0.1) is 0 Å². The molecule has 0 aliphatic rings. The van der Waals surface area contributed by atoms with Crippen LogP contribution in [0.1, 0.15) is 26.3 Å². The van der Waals surface area contributed by atoms with E-state index in [2.05, 4.69) is 42.0 Å². The fourth-order valence-corrected chi connectivity index (χ4v) is 1.87. The van der Waals surface area contributed by atoms with Gasteiger partial charge in [0.1, 0.15) is 5.82 Å². The van der Waals surface area contributed by atoms with Crippen molar-refractivity contribution in [2.45, 2.75) is 32.9 Å². The molecule has 0 spiro atoms. The average Bonchev–Trinajstić information content (AvgIpc) is 2.29. The number of nitrogens with one attached hydrogen (secondary N) is 1. The molecular formula is C13H20BrFN2. The van der Waals surface area contributed by atoms with Gasteiger partial charge >= 0.3 is 0 Å². The molecule has 0 fully saturated rings. The standard InChI is InChI=1S/C13H20BrFN2/c1-9(2)13(3,8-16)17-7-10-6-11(15)4-5-12(10)14/h4-6,9,17H,7-8,16H2,1-3H3. The fourth-order valence-electron chi connectivity index (χ4n) is 1.49. The minimum absolute atomic E-state index is 0.133. The van der Waals surface area contributed by atoms with Crippen molar-refractivity contribution in [3.8, 4) is 0 Å². The third kappa shape index (κ3) is 3.76. The second-order valence-corrected chi connectivity index (χ2v) is 5.72. The molecule has 3 N–H and O–H groups in total. The highest BCUT2D eigenvalue weighted by molar-refractivity contribution is 9.10. The molecule has 17 heavy (non-hydrogen) atoms. The highest BCUT2D eigenvalue weighted by Crippen LogP contribution is 2.20. The lowest BCUT2D eigenvalue weighted by molar-refractivity contribution is 0.267. The lowest BCUT2D eigenvalue weighted by atomic mass is 9.88. The first-order chi connectivity index (χ1) is 7.89. The maximum absolute atomic E-state index is 13.1. The predicted octanol–water partition coefficient (Wildman–Crippen LogP) is 3.05. The number of hydrogen-bond acceptors (Lipinski definition) is 2. The van der Waals surface area contributed by atoms with Crippen LogP contribution in [0.2, 0.25) is 0 Å². The van der Waals surface area contributed by atoms with Gasteiger partial charge in [-0.3, -0.25) is 0 Å². The number of hydrogen-bond donors (Lipinski definition) is 2. The van der Waals surface area contributed by atoms with E-state index in [9.17, 15) is 4.39 Å². The molecule has 1 aromatic rings. The molecule has 0 saturated carbocycles. The smallest absolute Gasteiger partial charge is 0.123 e. The van der Waals surface area contributed by atoms with E-state index in [0.717, 1.165) is 10.0 Å². The molecular weight excluding hydrogens is 283 g/mol. The van der Waals surface area contributed by atoms with Gasteiger partial charge in [0.2, 0.25) is 0 Å². The Hall–Kier alpha value is -0.450. The minimum atomic E-state index is -0.219. The first-order valence-corrected chi connectivity index (χ1v) is 6.57. The maximum atomic E-state index is 13.1. The van der Waals surface area contributed by atoms with Crippen LogP contribution < -0.4 is 11.1 Å². The van der Waals surface area contributed by atoms with Gasteiger partial charge in [-0.2, -0.15) is 0 Å². The summed E-state index contributed by atoms with van der Waals surface area (Å²) < 4.78 is 14.0. The summed E-state index contributed by atoms with van der Waals surface area (Å²) in [5, 5.41) is 3.41. The molecule has 4 heteroatoms. The Morgan fingerprint density at radius 2 is 2.12 bits per heavy atom. The molecule has 1 rings (SSSR count). The molecule has 1 unspecified atom stereocenters. The van der Waals surface area contributed by atoms with Crippen LogP contribution in [0.5, 0.6) is 0 Å². The van der Waals surface area contributed by atoms with Gasteiger partial charge in [-0.15, -0.1) is 0 Å². The van der Waals surface area contributed by atoms with Gasteiger partial charge in [0.15, 0.2) is 0 Å². The van der Waals surface area contributed by atoms with Gasteiger partial charge in [0.25, 0.3) is 0 Å². The summed E-state index contributed by atoms with van der Waals surface area (Å²) in [6.07, 6.45) is 0. The van der Waals surface area contributed by atoms with E-state index < -0.39 is 0 Å². The third-order valence-corrected chi connectivity index (χ3v) is 4.16. The molecule has 0 aliphatic heterocycles. The summed E-state index contributed by atoms with van der Waals surface area (Å²) in [6.45, 7) is 7.49. The van der Waals surface area contributed by atoms with Crippen LogP contribution in [0.4, 0.5) is 4.39 Å². The van der Waals surface area contributed by atoms with Crippen LogP contribution in [-0.2, 0) is 6.54 Å². The summed E-state index contributed by atoms with van der Waals surface area (Å²) in [4.78, 5) is 0. The van der Waals surface area contributed by atoms with Crippen molar-refractivity contribution < 1.29 is 4.39 Å². The zero-order valence-corrected chi connectivity index (χ0v) is 12.1. The highest BCUT2D eigenvalue weighted by atomic mass is 79.9. The van der Waals surface area contributed by atoms with Crippen molar-refractivity contribution in [1.29, 1.82) is 0 Å². The summed E-state index contributed by atoms with van der Waals surface area (Å²) in [5.41, 5.74) is 6.57. The molecule has 1 aromatic carbocycles. The molecule has 0 amide bonds. The first kappa shape index (κ1) is 14.6. The Kier molecular flexibility index (Phi) is 5.10. The van der Waals surface area contributed by atoms with Crippen molar-refractivity contribution in [2.75, 3.05) is 6.54 Å². The normalized spacial score (nSPS) is 15.0. The monoisotopic (exact) mass is 302 g/mol. The number of benzene rings is 1. The Morgan fingerprint density at radius 1 is 1.47 bits per heavy atom. The molecule has 0 aromatic heterocycles. The Morgan fingerprint density at radius 3 is 2.65 bits per heavy atom. The largest absolute Gasteiger partial charge is 0.329 e. The fraction of sp³-hybridized carbons (Fsp3) is 0.538. The number of halogens is 2. The first-order valence-electron chi connectivity index (χ1n) is 5.78. The van der Waals surface area contributed by atoms with Crippen LogP contribution in [0.3, 0.4) is 0 Å². The van der Waals surface area contributed by atoms with E-state index in [4.69, 9.17) is 5.73 Å². The van der Waals surface area contributed by atoms with Crippen LogP contribution in [0, 0.1) is 11.7 Å². The summed E-state index contributed by atoms with van der Waals surface area (Å²) in [6, 6.07) is 4.70. The lowest BCUT2D eigenvalue weighted by Gasteiger charge is -2.34. The van der Waals surface area contributed by atoms with E-state index in [1.807, 2.05) is 0 Å². The van der Waals surface area contributed by atoms with Gasteiger partial charge in [-0.25, -0.2) is 4.39 Å². The van der Waals surface area contributed by atoms with E-state index in [0.29, 0.717) is 19.0 Å². The number of nitrogens with two attached hydrogens (primary N) is 1. The SMILES string of the molecule is CC(C)C(C)(CN)NCc1cc(F)ccc1Br. The lowest BCUT2D eigenvalue weighted by Crippen LogP contribution is -2.52. The van der Waals surface area contributed by atoms with Crippen molar-refractivity contribution in [3.05, 3.63) is 34.1 Å². The predicted molar refractivity (Wildman–Crippen MR) is 73.2 cm³/mol. The topological polar surface area (TPSA) is 38.0 Å². The van der Waals surface area contributed by atoms with Crippen molar-refractivity contribution in [3.63, 3.8) is 0 Å². The maximum Gasteiger partial charge on any atom is 0.123 e. The molecule has 0 aliphatic carbocycles. The van der Waals surface area contributed by atoms with Gasteiger partial charge in [-0.1, -0.05) is 29.8 Å². The Labute approximate surface area is 111 Å². The van der Waals surface area contributed by atoms with Crippen LogP contribution >= 0.6 is 15.9 Å². The van der Waals surface area contributed by atoms with Crippen LogP contribution in [0.15, 0.2) is 22.7 Å². The van der Waals surface area contributed by atoms with Crippen molar-refractivity contribution >= 4 is 15.9 Å². The summed E-state index contributed by atoms with van der Waals surface area (Å²) in [7, 11) is 0. The van der Waals surface area contributed by atoms with Crippen LogP contribution in [0.25, 0.3) is 0 Å². The van der Waals surface area contributed by atoms with Gasteiger partial charge < -0.3 is 11.1 Å². The zero-order chi connectivity index (χ0) is 13.1. The van der Waals surface area contributed by atoms with Gasteiger partial charge in [0, 0.05) is 23.1 Å². The third-order valence-electron chi connectivity index (χ3n) is 3.39. The molecule has 2 nitrogen and oxygen atoms in total. The summed E-state index contributed by atoms with van der Waals surface area (Å²) >= 11 is 3.42. The van der Waals surface area contributed by atoms with E-state index >= 15 is 0 Å². The average molecular weight is 303 g/mol. The van der Waals surface area contributed by atoms with Gasteiger partial charge in [-0.05, 0) is 36.6 Å².